The number of phenols is 1. The van der Waals surface area contributed by atoms with Crippen LogP contribution in [-0.2, 0) is 6.42 Å². The average Bonchev–Trinajstić information content (AvgIpc) is 2.78. The predicted molar refractivity (Wildman–Crippen MR) is 133 cm³/mol. The maximum absolute atomic E-state index is 13.5. The number of benzene rings is 2. The van der Waals surface area contributed by atoms with E-state index in [4.69, 9.17) is 4.52 Å². The van der Waals surface area contributed by atoms with Crippen LogP contribution in [-0.4, -0.2) is 5.11 Å². The molecule has 172 valence electrons. The number of hydrogen-bond acceptors (Lipinski definition) is 2. The SMILES string of the molecule is CCCCc1cc(C(C)CC)cc(C(C)c2cc(C(C)CC)cc(C)c2O)c1OPF. The van der Waals surface area contributed by atoms with Gasteiger partial charge in [-0.25, -0.2) is 0 Å². The lowest BCUT2D eigenvalue weighted by Gasteiger charge is -2.24. The van der Waals surface area contributed by atoms with Gasteiger partial charge in [-0.2, -0.15) is 4.20 Å². The number of rotatable bonds is 11. The molecule has 0 heterocycles. The summed E-state index contributed by atoms with van der Waals surface area (Å²) in [6, 6.07) is 8.59. The molecule has 4 atom stereocenters. The molecule has 0 aliphatic rings. The van der Waals surface area contributed by atoms with Crippen LogP contribution in [0.2, 0.25) is 0 Å². The summed E-state index contributed by atoms with van der Waals surface area (Å²) in [6.07, 6.45) is 5.07. The van der Waals surface area contributed by atoms with Gasteiger partial charge in [0.05, 0.1) is 0 Å². The zero-order chi connectivity index (χ0) is 23.1. The Labute approximate surface area is 190 Å². The Morgan fingerprint density at radius 1 is 0.935 bits per heavy atom. The molecule has 0 bridgehead atoms. The fraction of sp³-hybridized carbons (Fsp3) is 0.556. The Balaban J connectivity index is 2.70. The molecule has 0 fully saturated rings. The van der Waals surface area contributed by atoms with Crippen LogP contribution in [0.15, 0.2) is 24.3 Å². The fourth-order valence-electron chi connectivity index (χ4n) is 4.15. The molecule has 0 spiro atoms. The lowest BCUT2D eigenvalue weighted by Crippen LogP contribution is -2.06. The molecule has 2 rings (SSSR count). The van der Waals surface area contributed by atoms with E-state index < -0.39 is 9.12 Å². The highest BCUT2D eigenvalue weighted by Gasteiger charge is 2.24. The minimum absolute atomic E-state index is 0.0987. The van der Waals surface area contributed by atoms with Crippen molar-refractivity contribution in [2.45, 2.75) is 98.3 Å². The predicted octanol–water partition coefficient (Wildman–Crippen LogP) is 9.08. The molecule has 0 saturated heterocycles. The van der Waals surface area contributed by atoms with E-state index in [0.717, 1.165) is 54.4 Å². The molecule has 2 aromatic carbocycles. The number of hydrogen-bond donors (Lipinski definition) is 1. The van der Waals surface area contributed by atoms with Gasteiger partial charge in [-0.1, -0.05) is 72.2 Å². The summed E-state index contributed by atoms with van der Waals surface area (Å²) in [5, 5.41) is 11.0. The van der Waals surface area contributed by atoms with E-state index in [1.807, 2.05) is 6.92 Å². The molecule has 4 heteroatoms. The number of aryl methyl sites for hydroxylation is 2. The van der Waals surface area contributed by atoms with Gasteiger partial charge >= 0.3 is 0 Å². The second kappa shape index (κ2) is 11.9. The van der Waals surface area contributed by atoms with Gasteiger partial charge in [-0.3, -0.25) is 0 Å². The minimum atomic E-state index is -1.10. The molecule has 0 aromatic heterocycles. The van der Waals surface area contributed by atoms with Crippen LogP contribution >= 0.6 is 9.12 Å². The average molecular weight is 447 g/mol. The van der Waals surface area contributed by atoms with Crippen molar-refractivity contribution in [3.05, 3.63) is 57.6 Å². The van der Waals surface area contributed by atoms with E-state index in [1.165, 1.54) is 11.1 Å². The molecule has 1 N–H and O–H groups in total. The van der Waals surface area contributed by atoms with Crippen LogP contribution < -0.4 is 4.52 Å². The van der Waals surface area contributed by atoms with Gasteiger partial charge in [-0.05, 0) is 66.7 Å². The third-order valence-corrected chi connectivity index (χ3v) is 7.09. The van der Waals surface area contributed by atoms with Crippen molar-refractivity contribution < 1.29 is 13.8 Å². The van der Waals surface area contributed by atoms with E-state index in [-0.39, 0.29) is 5.92 Å². The van der Waals surface area contributed by atoms with Crippen molar-refractivity contribution in [3.63, 3.8) is 0 Å². The summed E-state index contributed by atoms with van der Waals surface area (Å²) < 4.78 is 19.1. The zero-order valence-corrected chi connectivity index (χ0v) is 21.3. The summed E-state index contributed by atoms with van der Waals surface area (Å²) in [4.78, 5) is 0. The summed E-state index contributed by atoms with van der Waals surface area (Å²) in [6.45, 7) is 15.0. The van der Waals surface area contributed by atoms with Gasteiger partial charge < -0.3 is 9.63 Å². The van der Waals surface area contributed by atoms with Crippen LogP contribution in [0.3, 0.4) is 0 Å². The van der Waals surface area contributed by atoms with Crippen molar-refractivity contribution in [3.8, 4) is 11.5 Å². The van der Waals surface area contributed by atoms with Crippen LogP contribution in [0.25, 0.3) is 0 Å². The number of unbranched alkanes of at least 4 members (excludes halogenated alkanes) is 1. The quantitative estimate of drug-likeness (QED) is 0.349. The van der Waals surface area contributed by atoms with Gasteiger partial charge in [-0.15, -0.1) is 0 Å². The summed E-state index contributed by atoms with van der Waals surface area (Å²) in [7, 11) is -1.10. The third kappa shape index (κ3) is 6.01. The highest BCUT2D eigenvalue weighted by molar-refractivity contribution is 7.26. The van der Waals surface area contributed by atoms with Crippen LogP contribution in [0.4, 0.5) is 4.20 Å². The van der Waals surface area contributed by atoms with E-state index in [2.05, 4.69) is 65.8 Å². The Morgan fingerprint density at radius 3 is 2.06 bits per heavy atom. The maximum atomic E-state index is 13.5. The van der Waals surface area contributed by atoms with Gasteiger partial charge in [0.15, 0.2) is 0 Å². The van der Waals surface area contributed by atoms with E-state index in [1.54, 1.807) is 0 Å². The first kappa shape index (κ1) is 25.7. The molecule has 31 heavy (non-hydrogen) atoms. The van der Waals surface area contributed by atoms with Crippen molar-refractivity contribution in [1.82, 2.24) is 0 Å². The smallest absolute Gasteiger partial charge is 0.261 e. The first-order valence-corrected chi connectivity index (χ1v) is 12.6. The summed E-state index contributed by atoms with van der Waals surface area (Å²) in [5.74, 6) is 1.73. The Bertz CT molecular complexity index is 865. The van der Waals surface area contributed by atoms with Crippen molar-refractivity contribution in [2.24, 2.45) is 0 Å². The molecule has 0 saturated carbocycles. The highest BCUT2D eigenvalue weighted by atomic mass is 31.1. The summed E-state index contributed by atoms with van der Waals surface area (Å²) >= 11 is 0. The maximum Gasteiger partial charge on any atom is 0.261 e. The second-order valence-electron chi connectivity index (χ2n) is 9.00. The van der Waals surface area contributed by atoms with Gasteiger partial charge in [0, 0.05) is 17.0 Å². The van der Waals surface area contributed by atoms with Gasteiger partial charge in [0.25, 0.3) is 9.12 Å². The topological polar surface area (TPSA) is 29.5 Å². The van der Waals surface area contributed by atoms with E-state index in [9.17, 15) is 9.30 Å². The monoisotopic (exact) mass is 446 g/mol. The molecule has 4 unspecified atom stereocenters. The number of phenolic OH excluding ortho intramolecular Hbond substituents is 1. The second-order valence-corrected chi connectivity index (χ2v) is 9.36. The number of aromatic hydroxyl groups is 1. The lowest BCUT2D eigenvalue weighted by molar-refractivity contribution is 0.460. The molecular formula is C27H40FO2P. The van der Waals surface area contributed by atoms with Crippen LogP contribution in [0, 0.1) is 6.92 Å². The summed E-state index contributed by atoms with van der Waals surface area (Å²) in [5.41, 5.74) is 6.34. The minimum Gasteiger partial charge on any atom is -0.507 e. The largest absolute Gasteiger partial charge is 0.507 e. The first-order valence-electron chi connectivity index (χ1n) is 11.8. The van der Waals surface area contributed by atoms with Crippen LogP contribution in [0.1, 0.15) is 118 Å². The molecule has 0 aliphatic carbocycles. The lowest BCUT2D eigenvalue weighted by atomic mass is 9.83. The molecule has 0 radical (unpaired) electrons. The fourth-order valence-corrected chi connectivity index (χ4v) is 4.48. The van der Waals surface area contributed by atoms with Crippen molar-refractivity contribution in [2.75, 3.05) is 0 Å². The van der Waals surface area contributed by atoms with Crippen LogP contribution in [0.5, 0.6) is 11.5 Å². The van der Waals surface area contributed by atoms with E-state index in [0.29, 0.717) is 23.3 Å². The Morgan fingerprint density at radius 2 is 1.52 bits per heavy atom. The van der Waals surface area contributed by atoms with Crippen molar-refractivity contribution >= 4 is 9.12 Å². The third-order valence-electron chi connectivity index (χ3n) is 6.81. The highest BCUT2D eigenvalue weighted by Crippen LogP contribution is 2.44. The number of halogens is 1. The molecule has 2 nitrogen and oxygen atoms in total. The van der Waals surface area contributed by atoms with Gasteiger partial charge in [0.2, 0.25) is 0 Å². The van der Waals surface area contributed by atoms with E-state index >= 15 is 0 Å². The molecule has 0 aliphatic heterocycles. The molecular weight excluding hydrogens is 406 g/mol. The first-order chi connectivity index (χ1) is 14.8. The zero-order valence-electron chi connectivity index (χ0n) is 20.3. The molecule has 0 amide bonds. The Hall–Kier alpha value is -1.60. The van der Waals surface area contributed by atoms with Crippen molar-refractivity contribution in [1.29, 1.82) is 0 Å². The standard InChI is InChI=1S/C27H40FO2P/c1-8-11-12-21-14-23(18(5)10-3)16-25(27(21)30-31-28)20(7)24-15-22(17(4)9-2)13-19(6)26(24)29/h13-18,20,29,31H,8-12H2,1-7H3. The molecule has 2 aromatic rings. The van der Waals surface area contributed by atoms with Gasteiger partial charge in [0.1, 0.15) is 11.5 Å². The Kier molecular flexibility index (Phi) is 9.82. The normalized spacial score (nSPS) is 14.7.